The number of methoxy groups -OCH3 is 1. The van der Waals surface area contributed by atoms with Crippen LogP contribution in [-0.2, 0) is 6.54 Å². The second-order valence-electron chi connectivity index (χ2n) is 4.68. The van der Waals surface area contributed by atoms with Crippen molar-refractivity contribution in [3.63, 3.8) is 0 Å². The summed E-state index contributed by atoms with van der Waals surface area (Å²) in [6, 6.07) is 14.5. The van der Waals surface area contributed by atoms with Crippen LogP contribution < -0.4 is 10.1 Å². The van der Waals surface area contributed by atoms with E-state index >= 15 is 0 Å². The number of halogens is 1. The maximum Gasteiger partial charge on any atom is 0.132 e. The lowest BCUT2D eigenvalue weighted by Crippen LogP contribution is -2.14. The molecule has 1 N–H and O–H groups in total. The third-order valence-corrected chi connectivity index (χ3v) is 4.71. The lowest BCUT2D eigenvalue weighted by Gasteiger charge is -2.12. The van der Waals surface area contributed by atoms with E-state index in [4.69, 9.17) is 4.74 Å². The fourth-order valence-corrected chi connectivity index (χ4v) is 3.60. The maximum absolute atomic E-state index is 5.44. The molecule has 0 unspecified atom stereocenters. The van der Waals surface area contributed by atoms with Crippen LogP contribution in [0.2, 0.25) is 0 Å². The Bertz CT molecular complexity index is 589. The molecule has 0 aliphatic rings. The molecule has 0 radical (unpaired) electrons. The summed E-state index contributed by atoms with van der Waals surface area (Å²) in [4.78, 5) is 2.38. The van der Waals surface area contributed by atoms with E-state index in [0.717, 1.165) is 34.6 Å². The topological polar surface area (TPSA) is 21.3 Å². The van der Waals surface area contributed by atoms with Gasteiger partial charge in [0.05, 0.1) is 12.0 Å². The molecule has 0 atom stereocenters. The third-order valence-electron chi connectivity index (χ3n) is 3.06. The fraction of sp³-hybridized carbons (Fsp3) is 0.294. The highest BCUT2D eigenvalue weighted by molar-refractivity contribution is 9.10. The van der Waals surface area contributed by atoms with Crippen LogP contribution in [0.5, 0.6) is 5.75 Å². The quantitative estimate of drug-likeness (QED) is 0.688. The first-order valence-electron chi connectivity index (χ1n) is 7.04. The van der Waals surface area contributed by atoms with Crippen LogP contribution in [0.1, 0.15) is 18.9 Å². The van der Waals surface area contributed by atoms with Crippen LogP contribution in [-0.4, -0.2) is 13.7 Å². The highest BCUT2D eigenvalue weighted by Crippen LogP contribution is 2.37. The minimum atomic E-state index is 0.888. The van der Waals surface area contributed by atoms with Crippen LogP contribution in [0, 0.1) is 0 Å². The number of hydrogen-bond donors (Lipinski definition) is 1. The molecule has 0 fully saturated rings. The van der Waals surface area contributed by atoms with Gasteiger partial charge in [-0.15, -0.1) is 0 Å². The molecule has 0 bridgehead atoms. The van der Waals surface area contributed by atoms with Gasteiger partial charge in [-0.25, -0.2) is 0 Å². The van der Waals surface area contributed by atoms with E-state index in [9.17, 15) is 0 Å². The Morgan fingerprint density at radius 1 is 1.14 bits per heavy atom. The molecule has 0 aliphatic carbocycles. The molecular weight excluding hydrogens is 346 g/mol. The monoisotopic (exact) mass is 365 g/mol. The molecule has 21 heavy (non-hydrogen) atoms. The average Bonchev–Trinajstić information content (AvgIpc) is 2.50. The summed E-state index contributed by atoms with van der Waals surface area (Å²) in [6.07, 6.45) is 1.14. The minimum Gasteiger partial charge on any atom is -0.496 e. The molecule has 0 amide bonds. The third kappa shape index (κ3) is 4.77. The van der Waals surface area contributed by atoms with Crippen molar-refractivity contribution in [3.05, 3.63) is 52.5 Å². The highest BCUT2D eigenvalue weighted by Gasteiger charge is 2.09. The second kappa shape index (κ2) is 8.47. The van der Waals surface area contributed by atoms with Crippen LogP contribution in [0.25, 0.3) is 0 Å². The van der Waals surface area contributed by atoms with Gasteiger partial charge in [-0.3, -0.25) is 0 Å². The summed E-state index contributed by atoms with van der Waals surface area (Å²) in [7, 11) is 1.71. The van der Waals surface area contributed by atoms with E-state index < -0.39 is 0 Å². The predicted molar refractivity (Wildman–Crippen MR) is 93.3 cm³/mol. The van der Waals surface area contributed by atoms with Gasteiger partial charge >= 0.3 is 0 Å². The molecule has 112 valence electrons. The second-order valence-corrected chi connectivity index (χ2v) is 6.68. The van der Waals surface area contributed by atoms with E-state index in [1.807, 2.05) is 18.2 Å². The first-order chi connectivity index (χ1) is 10.2. The van der Waals surface area contributed by atoms with Gasteiger partial charge in [0, 0.05) is 15.9 Å². The van der Waals surface area contributed by atoms with E-state index in [1.54, 1.807) is 18.9 Å². The van der Waals surface area contributed by atoms with Crippen LogP contribution in [0.15, 0.2) is 56.7 Å². The largest absolute Gasteiger partial charge is 0.496 e. The van der Waals surface area contributed by atoms with Crippen LogP contribution in [0.3, 0.4) is 0 Å². The van der Waals surface area contributed by atoms with Crippen LogP contribution in [0.4, 0.5) is 0 Å². The molecule has 0 saturated heterocycles. The molecule has 4 heteroatoms. The molecule has 2 rings (SSSR count). The Labute approximate surface area is 139 Å². The maximum atomic E-state index is 5.44. The van der Waals surface area contributed by atoms with Gasteiger partial charge < -0.3 is 10.1 Å². The lowest BCUT2D eigenvalue weighted by molar-refractivity contribution is 0.405. The molecule has 0 aromatic heterocycles. The molecule has 0 heterocycles. The van der Waals surface area contributed by atoms with Crippen molar-refractivity contribution < 1.29 is 4.74 Å². The smallest absolute Gasteiger partial charge is 0.132 e. The zero-order valence-electron chi connectivity index (χ0n) is 12.4. The Kier molecular flexibility index (Phi) is 6.61. The minimum absolute atomic E-state index is 0.888. The van der Waals surface area contributed by atoms with E-state index in [0.29, 0.717) is 0 Å². The van der Waals surface area contributed by atoms with Crippen LogP contribution >= 0.6 is 27.7 Å². The fourth-order valence-electron chi connectivity index (χ4n) is 1.99. The number of ether oxygens (including phenoxy) is 1. The summed E-state index contributed by atoms with van der Waals surface area (Å²) in [5, 5.41) is 3.47. The predicted octanol–water partition coefficient (Wildman–Crippen LogP) is 5.11. The molecule has 2 aromatic carbocycles. The van der Waals surface area contributed by atoms with Gasteiger partial charge in [-0.1, -0.05) is 52.8 Å². The number of nitrogens with one attached hydrogen (secondary N) is 1. The van der Waals surface area contributed by atoms with Crippen molar-refractivity contribution in [3.8, 4) is 5.75 Å². The molecule has 2 aromatic rings. The molecule has 0 saturated carbocycles. The Hall–Kier alpha value is -0.970. The van der Waals surface area contributed by atoms with Crippen molar-refractivity contribution in [2.45, 2.75) is 29.7 Å². The van der Waals surface area contributed by atoms with Crippen molar-refractivity contribution in [2.24, 2.45) is 0 Å². The average molecular weight is 366 g/mol. The standard InChI is InChI=1S/C17H20BrNOS/c1-3-10-19-12-13-8-9-14(18)11-17(13)21-16-7-5-4-6-15(16)20-2/h4-9,11,19H,3,10,12H2,1-2H3. The van der Waals surface area contributed by atoms with Gasteiger partial charge in [-0.2, -0.15) is 0 Å². The summed E-state index contributed by atoms with van der Waals surface area (Å²) < 4.78 is 6.53. The normalized spacial score (nSPS) is 10.6. The zero-order chi connectivity index (χ0) is 15.1. The molecule has 0 spiro atoms. The molecule has 0 aliphatic heterocycles. The van der Waals surface area contributed by atoms with Crippen molar-refractivity contribution in [1.29, 1.82) is 0 Å². The van der Waals surface area contributed by atoms with Crippen molar-refractivity contribution >= 4 is 27.7 Å². The van der Waals surface area contributed by atoms with E-state index in [2.05, 4.69) is 52.4 Å². The SMILES string of the molecule is CCCNCc1ccc(Br)cc1Sc1ccccc1OC. The summed E-state index contributed by atoms with van der Waals surface area (Å²) in [6.45, 7) is 4.10. The van der Waals surface area contributed by atoms with Gasteiger partial charge in [0.2, 0.25) is 0 Å². The summed E-state index contributed by atoms with van der Waals surface area (Å²) in [5.74, 6) is 0.912. The van der Waals surface area contributed by atoms with E-state index in [1.165, 1.54) is 10.5 Å². The number of rotatable bonds is 7. The van der Waals surface area contributed by atoms with E-state index in [-0.39, 0.29) is 0 Å². The number of para-hydroxylation sites is 1. The Morgan fingerprint density at radius 3 is 2.71 bits per heavy atom. The molecule has 2 nitrogen and oxygen atoms in total. The summed E-state index contributed by atoms with van der Waals surface area (Å²) in [5.41, 5.74) is 1.31. The van der Waals surface area contributed by atoms with Crippen molar-refractivity contribution in [1.82, 2.24) is 5.32 Å². The summed E-state index contributed by atoms with van der Waals surface area (Å²) >= 11 is 5.30. The van der Waals surface area contributed by atoms with Gasteiger partial charge in [0.15, 0.2) is 0 Å². The zero-order valence-corrected chi connectivity index (χ0v) is 14.8. The first kappa shape index (κ1) is 16.4. The first-order valence-corrected chi connectivity index (χ1v) is 8.65. The van der Waals surface area contributed by atoms with Crippen molar-refractivity contribution in [2.75, 3.05) is 13.7 Å². The Morgan fingerprint density at radius 2 is 1.95 bits per heavy atom. The highest BCUT2D eigenvalue weighted by atomic mass is 79.9. The number of hydrogen-bond acceptors (Lipinski definition) is 3. The van der Waals surface area contributed by atoms with Gasteiger partial charge in [-0.05, 0) is 42.8 Å². The number of benzene rings is 2. The lowest BCUT2D eigenvalue weighted by atomic mass is 10.2. The Balaban J connectivity index is 2.23. The molecular formula is C17H20BrNOS. The van der Waals surface area contributed by atoms with Gasteiger partial charge in [0.25, 0.3) is 0 Å². The van der Waals surface area contributed by atoms with Gasteiger partial charge in [0.1, 0.15) is 5.75 Å².